The molecule has 0 atom stereocenters. The Morgan fingerprint density at radius 1 is 1.20 bits per heavy atom. The lowest BCUT2D eigenvalue weighted by molar-refractivity contribution is 0.608. The van der Waals surface area contributed by atoms with E-state index in [1.165, 1.54) is 12.2 Å². The van der Waals surface area contributed by atoms with E-state index in [0.29, 0.717) is 5.69 Å². The van der Waals surface area contributed by atoms with Crippen LogP contribution in [0.15, 0.2) is 60.1 Å². The molecule has 0 spiro atoms. The first-order chi connectivity index (χ1) is 9.49. The summed E-state index contributed by atoms with van der Waals surface area (Å²) < 4.78 is 26.6. The van der Waals surface area contributed by atoms with Gasteiger partial charge in [-0.15, -0.1) is 0 Å². The third-order valence-electron chi connectivity index (χ3n) is 2.27. The lowest BCUT2D eigenvalue weighted by Crippen LogP contribution is -2.13. The highest BCUT2D eigenvalue weighted by molar-refractivity contribution is 7.96. The quantitative estimate of drug-likeness (QED) is 0.817. The highest BCUT2D eigenvalue weighted by Crippen LogP contribution is 2.15. The summed E-state index contributed by atoms with van der Waals surface area (Å²) >= 11 is 0. The molecule has 0 aliphatic rings. The van der Waals surface area contributed by atoms with E-state index < -0.39 is 10.0 Å². The van der Waals surface area contributed by atoms with Crippen LogP contribution in [-0.2, 0) is 10.0 Å². The van der Waals surface area contributed by atoms with E-state index in [9.17, 15) is 8.42 Å². The standard InChI is InChI=1S/C14H17NO2S.C2H6/c1-4-6-7-14(5-2)18(16,17)15-13-10-8-12(3)9-11-13;1-2/h4-11,15H,2H2,1,3H3;1-2H3/b6-4-,14-7+;. The molecule has 0 saturated carbocycles. The molecule has 1 rings (SSSR count). The largest absolute Gasteiger partial charge is 0.280 e. The van der Waals surface area contributed by atoms with Crippen LogP contribution in [0, 0.1) is 6.92 Å². The van der Waals surface area contributed by atoms with Crippen molar-refractivity contribution in [3.8, 4) is 0 Å². The summed E-state index contributed by atoms with van der Waals surface area (Å²) in [5.74, 6) is 0. The van der Waals surface area contributed by atoms with Gasteiger partial charge in [0.25, 0.3) is 10.0 Å². The average molecular weight is 293 g/mol. The van der Waals surface area contributed by atoms with Crippen LogP contribution in [0.25, 0.3) is 0 Å². The van der Waals surface area contributed by atoms with Crippen molar-refractivity contribution in [1.29, 1.82) is 0 Å². The first-order valence-electron chi connectivity index (χ1n) is 6.54. The molecule has 0 unspecified atom stereocenters. The fraction of sp³-hybridized carbons (Fsp3) is 0.250. The molecule has 0 amide bonds. The lowest BCUT2D eigenvalue weighted by atomic mass is 10.2. The molecule has 0 aliphatic carbocycles. The number of anilines is 1. The Balaban J connectivity index is 0.00000172. The summed E-state index contributed by atoms with van der Waals surface area (Å²) in [7, 11) is -3.57. The number of benzene rings is 1. The molecular formula is C16H23NO2S. The van der Waals surface area contributed by atoms with Crippen molar-refractivity contribution in [3.05, 3.63) is 65.6 Å². The number of sulfonamides is 1. The zero-order valence-electron chi connectivity index (χ0n) is 12.6. The van der Waals surface area contributed by atoms with Crippen molar-refractivity contribution >= 4 is 15.7 Å². The zero-order valence-corrected chi connectivity index (χ0v) is 13.4. The smallest absolute Gasteiger partial charge is 0.261 e. The third-order valence-corrected chi connectivity index (χ3v) is 3.70. The second-order valence-electron chi connectivity index (χ2n) is 3.77. The first kappa shape index (κ1) is 18.2. The zero-order chi connectivity index (χ0) is 15.6. The Morgan fingerprint density at radius 3 is 2.20 bits per heavy atom. The van der Waals surface area contributed by atoms with Gasteiger partial charge in [-0.25, -0.2) is 8.42 Å². The summed E-state index contributed by atoms with van der Waals surface area (Å²) in [5.41, 5.74) is 1.61. The van der Waals surface area contributed by atoms with E-state index in [-0.39, 0.29) is 4.91 Å². The van der Waals surface area contributed by atoms with Gasteiger partial charge in [-0.3, -0.25) is 4.72 Å². The molecule has 3 nitrogen and oxygen atoms in total. The van der Waals surface area contributed by atoms with Gasteiger partial charge in [0, 0.05) is 5.69 Å². The maximum Gasteiger partial charge on any atom is 0.261 e. The van der Waals surface area contributed by atoms with Crippen molar-refractivity contribution in [2.24, 2.45) is 0 Å². The van der Waals surface area contributed by atoms with E-state index in [1.54, 1.807) is 24.3 Å². The molecule has 0 bridgehead atoms. The van der Waals surface area contributed by atoms with Gasteiger partial charge >= 0.3 is 0 Å². The molecule has 0 aromatic heterocycles. The van der Waals surface area contributed by atoms with Gasteiger partial charge in [0.05, 0.1) is 4.91 Å². The van der Waals surface area contributed by atoms with E-state index in [4.69, 9.17) is 0 Å². The second kappa shape index (κ2) is 9.15. The minimum absolute atomic E-state index is 0.140. The van der Waals surface area contributed by atoms with Crippen LogP contribution >= 0.6 is 0 Å². The minimum atomic E-state index is -3.57. The molecule has 1 N–H and O–H groups in total. The van der Waals surface area contributed by atoms with E-state index >= 15 is 0 Å². The van der Waals surface area contributed by atoms with Crippen molar-refractivity contribution in [1.82, 2.24) is 0 Å². The van der Waals surface area contributed by atoms with Gasteiger partial charge in [-0.05, 0) is 38.1 Å². The van der Waals surface area contributed by atoms with E-state index in [2.05, 4.69) is 11.3 Å². The Bertz CT molecular complexity index is 567. The van der Waals surface area contributed by atoms with Crippen molar-refractivity contribution in [3.63, 3.8) is 0 Å². The third kappa shape index (κ3) is 5.89. The fourth-order valence-corrected chi connectivity index (χ4v) is 2.34. The molecule has 0 saturated heterocycles. The number of nitrogens with one attached hydrogen (secondary N) is 1. The molecule has 0 fully saturated rings. The SMILES string of the molecule is C=C/C(=C\C=C/C)S(=O)(=O)Nc1ccc(C)cc1.CC. The normalized spacial score (nSPS) is 11.7. The lowest BCUT2D eigenvalue weighted by Gasteiger charge is -2.08. The van der Waals surface area contributed by atoms with Gasteiger partial charge in [0.2, 0.25) is 0 Å². The van der Waals surface area contributed by atoms with Crippen molar-refractivity contribution < 1.29 is 8.42 Å². The van der Waals surface area contributed by atoms with Crippen LogP contribution < -0.4 is 4.72 Å². The van der Waals surface area contributed by atoms with Crippen LogP contribution in [0.3, 0.4) is 0 Å². The molecule has 0 radical (unpaired) electrons. The summed E-state index contributed by atoms with van der Waals surface area (Å²) in [6.07, 6.45) is 6.23. The van der Waals surface area contributed by atoms with E-state index in [1.807, 2.05) is 39.8 Å². The van der Waals surface area contributed by atoms with Crippen LogP contribution in [0.2, 0.25) is 0 Å². The summed E-state index contributed by atoms with van der Waals surface area (Å²) in [6, 6.07) is 7.15. The molecule has 20 heavy (non-hydrogen) atoms. The summed E-state index contributed by atoms with van der Waals surface area (Å²) in [4.78, 5) is 0.140. The van der Waals surface area contributed by atoms with Crippen molar-refractivity contribution in [2.45, 2.75) is 27.7 Å². The molecule has 4 heteroatoms. The maximum atomic E-state index is 12.0. The second-order valence-corrected chi connectivity index (χ2v) is 5.45. The van der Waals surface area contributed by atoms with Crippen molar-refractivity contribution in [2.75, 3.05) is 4.72 Å². The highest BCUT2D eigenvalue weighted by Gasteiger charge is 2.13. The predicted octanol–water partition coefficient (Wildman–Crippen LogP) is 4.41. The van der Waals surface area contributed by atoms with Crippen LogP contribution in [0.4, 0.5) is 5.69 Å². The van der Waals surface area contributed by atoms with Gasteiger partial charge < -0.3 is 0 Å². The molecule has 1 aromatic rings. The highest BCUT2D eigenvalue weighted by atomic mass is 32.2. The Morgan fingerprint density at radius 2 is 1.75 bits per heavy atom. The molecule has 1 aromatic carbocycles. The Hall–Kier alpha value is -1.81. The molecule has 0 heterocycles. The predicted molar refractivity (Wildman–Crippen MR) is 88.2 cm³/mol. The summed E-state index contributed by atoms with van der Waals surface area (Å²) in [6.45, 7) is 11.3. The molecule has 0 aliphatic heterocycles. The minimum Gasteiger partial charge on any atom is -0.280 e. The summed E-state index contributed by atoms with van der Waals surface area (Å²) in [5, 5.41) is 0. The van der Waals surface area contributed by atoms with Gasteiger partial charge in [0.1, 0.15) is 0 Å². The number of hydrogen-bond acceptors (Lipinski definition) is 2. The van der Waals surface area contributed by atoms with Crippen LogP contribution in [0.1, 0.15) is 26.3 Å². The molecular weight excluding hydrogens is 270 g/mol. The number of allylic oxidation sites excluding steroid dienone is 4. The number of aryl methyl sites for hydroxylation is 1. The number of hydrogen-bond donors (Lipinski definition) is 1. The number of rotatable bonds is 5. The monoisotopic (exact) mass is 293 g/mol. The molecule has 110 valence electrons. The maximum absolute atomic E-state index is 12.0. The Kier molecular flexibility index (Phi) is 8.32. The first-order valence-corrected chi connectivity index (χ1v) is 8.03. The van der Waals surface area contributed by atoms with Gasteiger partial charge in [0.15, 0.2) is 0 Å². The topological polar surface area (TPSA) is 46.2 Å². The Labute approximate surface area is 122 Å². The van der Waals surface area contributed by atoms with E-state index in [0.717, 1.165) is 5.56 Å². The fourth-order valence-electron chi connectivity index (χ4n) is 1.29. The van der Waals surface area contributed by atoms with Crippen LogP contribution in [-0.4, -0.2) is 8.42 Å². The van der Waals surface area contributed by atoms with Crippen LogP contribution in [0.5, 0.6) is 0 Å². The van der Waals surface area contributed by atoms with Gasteiger partial charge in [-0.1, -0.05) is 50.3 Å². The van der Waals surface area contributed by atoms with Gasteiger partial charge in [-0.2, -0.15) is 0 Å². The average Bonchev–Trinajstić information content (AvgIpc) is 2.44.